The largest absolute Gasteiger partial charge is 0.482 e. The van der Waals surface area contributed by atoms with Gasteiger partial charge in [0.15, 0.2) is 35.9 Å². The molecule has 10 atom stereocenters. The van der Waals surface area contributed by atoms with Gasteiger partial charge in [-0.05, 0) is 50.2 Å². The molecule has 2 bridgehead atoms. The molecule has 0 amide bonds. The third-order valence-corrected chi connectivity index (χ3v) is 10.5. The Morgan fingerprint density at radius 3 is 2.24 bits per heavy atom. The van der Waals surface area contributed by atoms with Crippen LogP contribution in [0.2, 0.25) is 0 Å². The molecular formula is C37H39NO13. The highest BCUT2D eigenvalue weighted by Crippen LogP contribution is 2.63. The molecule has 270 valence electrons. The van der Waals surface area contributed by atoms with E-state index in [4.69, 9.17) is 37.9 Å². The SMILES string of the molecule is COC(=O)[C@H]1O[C@H](O[C@H]2C=C[C@H]3[C@H]4Cc5ccc(OC(=O)c6ccccc6)c6c5[C@@]3(CCN4C)[C@H]2O6)[C@H](OC(C)=O)[C@@H](OC(C)=O)[C@@H]1OC(C)=O. The molecule has 14 nitrogen and oxygen atoms in total. The topological polar surface area (TPSA) is 162 Å². The summed E-state index contributed by atoms with van der Waals surface area (Å²) in [4.78, 5) is 65.5. The monoisotopic (exact) mass is 705 g/mol. The zero-order valence-electron chi connectivity index (χ0n) is 28.8. The first kappa shape index (κ1) is 34.6. The first-order valence-corrected chi connectivity index (χ1v) is 16.8. The van der Waals surface area contributed by atoms with Gasteiger partial charge in [0, 0.05) is 43.7 Å². The predicted molar refractivity (Wildman–Crippen MR) is 174 cm³/mol. The fraction of sp³-hybridized carbons (Fsp3) is 0.486. The molecule has 5 aliphatic rings. The van der Waals surface area contributed by atoms with Gasteiger partial charge in [-0.1, -0.05) is 36.4 Å². The summed E-state index contributed by atoms with van der Waals surface area (Å²) in [5.41, 5.74) is 1.82. The highest BCUT2D eigenvalue weighted by atomic mass is 16.7. The molecule has 3 heterocycles. The Kier molecular flexibility index (Phi) is 9.10. The first-order chi connectivity index (χ1) is 24.4. The van der Waals surface area contributed by atoms with Gasteiger partial charge >= 0.3 is 29.8 Å². The van der Waals surface area contributed by atoms with Crippen molar-refractivity contribution in [1.29, 1.82) is 0 Å². The second-order valence-electron chi connectivity index (χ2n) is 13.4. The van der Waals surface area contributed by atoms with Gasteiger partial charge < -0.3 is 42.8 Å². The van der Waals surface area contributed by atoms with E-state index >= 15 is 0 Å². The van der Waals surface area contributed by atoms with E-state index in [1.807, 2.05) is 18.2 Å². The summed E-state index contributed by atoms with van der Waals surface area (Å²) in [6.45, 7) is 4.14. The van der Waals surface area contributed by atoms with Crippen molar-refractivity contribution in [3.63, 3.8) is 0 Å². The standard InChI is InChI=1S/C37H39NO13/c1-18(39)45-29-30(46-19(2)40)32(47-20(3)41)36(51-31(29)35(43)44-5)49-26-14-12-23-24-17-22-11-13-25(48-34(42)21-9-7-6-8-10-21)28-27(22)37(23,33(26)50-28)15-16-38(24)4/h6-14,23-24,26,29-33,36H,15-17H2,1-5H3/t23-,24+,26-,29-,30-,31-,32+,33-,36-,37-/m0/s1. The molecule has 0 radical (unpaired) electrons. The van der Waals surface area contributed by atoms with Crippen LogP contribution in [0, 0.1) is 5.92 Å². The number of piperidine rings is 1. The number of likely N-dealkylation sites (N-methyl/N-ethyl adjacent to an activating group) is 1. The number of benzene rings is 2. The van der Waals surface area contributed by atoms with Crippen LogP contribution in [0.4, 0.5) is 0 Å². The van der Waals surface area contributed by atoms with Gasteiger partial charge in [0.05, 0.1) is 12.7 Å². The van der Waals surface area contributed by atoms with E-state index in [-0.39, 0.29) is 17.7 Å². The molecule has 2 aromatic carbocycles. The lowest BCUT2D eigenvalue weighted by Crippen LogP contribution is -2.67. The summed E-state index contributed by atoms with van der Waals surface area (Å²) in [7, 11) is 3.22. The maximum absolute atomic E-state index is 13.2. The third-order valence-electron chi connectivity index (χ3n) is 10.5. The summed E-state index contributed by atoms with van der Waals surface area (Å²) in [6.07, 6.45) is -3.80. The predicted octanol–water partition coefficient (Wildman–Crippen LogP) is 2.43. The van der Waals surface area contributed by atoms with Gasteiger partial charge in [-0.15, -0.1) is 0 Å². The molecule has 14 heteroatoms. The number of esters is 5. The van der Waals surface area contributed by atoms with Crippen molar-refractivity contribution in [3.05, 3.63) is 71.3 Å². The van der Waals surface area contributed by atoms with E-state index < -0.39 is 78.2 Å². The summed E-state index contributed by atoms with van der Waals surface area (Å²) < 4.78 is 47.0. The van der Waals surface area contributed by atoms with Crippen LogP contribution in [0.25, 0.3) is 0 Å². The number of hydrogen-bond donors (Lipinski definition) is 0. The van der Waals surface area contributed by atoms with Gasteiger partial charge in [-0.25, -0.2) is 9.59 Å². The number of methoxy groups -OCH3 is 1. The maximum Gasteiger partial charge on any atom is 0.343 e. The second kappa shape index (κ2) is 13.4. The molecule has 51 heavy (non-hydrogen) atoms. The minimum absolute atomic E-state index is 0.0106. The van der Waals surface area contributed by atoms with Crippen molar-refractivity contribution in [3.8, 4) is 11.5 Å². The second-order valence-corrected chi connectivity index (χ2v) is 13.4. The van der Waals surface area contributed by atoms with Gasteiger partial charge in [-0.2, -0.15) is 0 Å². The minimum Gasteiger partial charge on any atom is -0.482 e. The normalized spacial score (nSPS) is 32.8. The Morgan fingerprint density at radius 2 is 1.55 bits per heavy atom. The van der Waals surface area contributed by atoms with E-state index in [0.717, 1.165) is 52.0 Å². The van der Waals surface area contributed by atoms with Gasteiger partial charge in [0.2, 0.25) is 6.29 Å². The number of likely N-dealkylation sites (tertiary alicyclic amines) is 1. The number of hydrogen-bond acceptors (Lipinski definition) is 14. The Hall–Kier alpha value is -4.79. The minimum atomic E-state index is -1.61. The van der Waals surface area contributed by atoms with Gasteiger partial charge in [0.25, 0.3) is 0 Å². The molecule has 0 aromatic heterocycles. The van der Waals surface area contributed by atoms with Crippen LogP contribution in [-0.4, -0.2) is 104 Å². The maximum atomic E-state index is 13.2. The van der Waals surface area contributed by atoms with Gasteiger partial charge in [-0.3, -0.25) is 14.4 Å². The Balaban J connectivity index is 1.28. The number of nitrogens with zero attached hydrogens (tertiary/aromatic N) is 1. The molecule has 1 spiro atoms. The number of carbonyl (C=O) groups excluding carboxylic acids is 5. The molecule has 2 saturated heterocycles. The van der Waals surface area contributed by atoms with E-state index in [2.05, 4.69) is 18.0 Å². The number of ether oxygens (including phenoxy) is 8. The van der Waals surface area contributed by atoms with Crippen LogP contribution in [0.15, 0.2) is 54.6 Å². The van der Waals surface area contributed by atoms with Crippen molar-refractivity contribution in [2.75, 3.05) is 20.7 Å². The van der Waals surface area contributed by atoms with Crippen LogP contribution in [0.3, 0.4) is 0 Å². The number of rotatable bonds is 8. The molecule has 2 aromatic rings. The summed E-state index contributed by atoms with van der Waals surface area (Å²) in [6, 6.07) is 12.6. The molecule has 3 aliphatic heterocycles. The lowest BCUT2D eigenvalue weighted by Gasteiger charge is -2.57. The van der Waals surface area contributed by atoms with Crippen LogP contribution in [0.1, 0.15) is 48.7 Å². The Morgan fingerprint density at radius 1 is 0.863 bits per heavy atom. The fourth-order valence-corrected chi connectivity index (χ4v) is 8.48. The van der Waals surface area contributed by atoms with E-state index in [0.29, 0.717) is 17.7 Å². The molecule has 0 saturated carbocycles. The molecule has 0 N–H and O–H groups in total. The number of carbonyl (C=O) groups is 5. The summed E-state index contributed by atoms with van der Waals surface area (Å²) >= 11 is 0. The smallest absolute Gasteiger partial charge is 0.343 e. The van der Waals surface area contributed by atoms with E-state index in [9.17, 15) is 24.0 Å². The summed E-state index contributed by atoms with van der Waals surface area (Å²) in [5, 5.41) is 0. The lowest BCUT2D eigenvalue weighted by molar-refractivity contribution is -0.313. The Labute approximate surface area is 293 Å². The average molecular weight is 706 g/mol. The van der Waals surface area contributed by atoms with Crippen LogP contribution >= 0.6 is 0 Å². The van der Waals surface area contributed by atoms with Crippen LogP contribution in [-0.2, 0) is 59.4 Å². The van der Waals surface area contributed by atoms with E-state index in [1.54, 1.807) is 30.3 Å². The van der Waals surface area contributed by atoms with Crippen molar-refractivity contribution in [2.45, 2.75) is 88.0 Å². The molecular weight excluding hydrogens is 666 g/mol. The molecule has 7 rings (SSSR count). The van der Waals surface area contributed by atoms with Gasteiger partial charge in [0.1, 0.15) is 12.2 Å². The quantitative estimate of drug-likeness (QED) is 0.170. The summed E-state index contributed by atoms with van der Waals surface area (Å²) in [5.74, 6) is -3.10. The third kappa shape index (κ3) is 5.94. The molecule has 0 unspecified atom stereocenters. The average Bonchev–Trinajstić information content (AvgIpc) is 3.45. The van der Waals surface area contributed by atoms with Crippen LogP contribution < -0.4 is 9.47 Å². The van der Waals surface area contributed by atoms with Crippen molar-refractivity contribution in [2.24, 2.45) is 5.92 Å². The fourth-order valence-electron chi connectivity index (χ4n) is 8.48. The Bertz CT molecular complexity index is 1780. The zero-order valence-corrected chi connectivity index (χ0v) is 28.8. The molecule has 2 fully saturated rings. The highest BCUT2D eigenvalue weighted by molar-refractivity contribution is 5.91. The lowest BCUT2D eigenvalue weighted by atomic mass is 9.53. The van der Waals surface area contributed by atoms with E-state index in [1.165, 1.54) is 0 Å². The highest BCUT2D eigenvalue weighted by Gasteiger charge is 2.66. The first-order valence-electron chi connectivity index (χ1n) is 16.8. The van der Waals surface area contributed by atoms with Crippen molar-refractivity contribution < 1.29 is 61.9 Å². The van der Waals surface area contributed by atoms with Crippen LogP contribution in [0.5, 0.6) is 11.5 Å². The van der Waals surface area contributed by atoms with Crippen molar-refractivity contribution >= 4 is 29.8 Å². The zero-order chi connectivity index (χ0) is 36.2. The molecule has 2 aliphatic carbocycles. The van der Waals surface area contributed by atoms with Crippen molar-refractivity contribution in [1.82, 2.24) is 4.90 Å².